The molecule has 124 valence electrons. The van der Waals surface area contributed by atoms with Crippen molar-refractivity contribution >= 4 is 23.1 Å². The van der Waals surface area contributed by atoms with Crippen molar-refractivity contribution in [3.05, 3.63) is 69.6 Å². The summed E-state index contributed by atoms with van der Waals surface area (Å²) in [6.07, 6.45) is 5.11. The van der Waals surface area contributed by atoms with Crippen molar-refractivity contribution in [2.75, 3.05) is 11.9 Å². The molecule has 1 aliphatic rings. The molecule has 2 aromatic rings. The average molecular weight is 347 g/mol. The standard InChI is InChI=1S/C16H15ClN4O3/c17-15-14(21(22)23)16(19-10-18-15)20-13-7-6-12(13)9-24-8-11-4-2-1-3-5-11/h1-7,10,12-13H,8-9H2,(H,18,19,20)/t12-,13-/m1/s1. The Hall–Kier alpha value is -2.51. The predicted molar refractivity (Wildman–Crippen MR) is 89.8 cm³/mol. The summed E-state index contributed by atoms with van der Waals surface area (Å²) in [6, 6.07) is 9.79. The molecule has 1 heterocycles. The predicted octanol–water partition coefficient (Wildman–Crippen LogP) is 3.22. The first-order valence-electron chi connectivity index (χ1n) is 7.36. The highest BCUT2D eigenvalue weighted by Gasteiger charge is 2.29. The Kier molecular flexibility index (Phi) is 5.02. The summed E-state index contributed by atoms with van der Waals surface area (Å²) in [5.74, 6) is 0.226. The van der Waals surface area contributed by atoms with E-state index in [2.05, 4.69) is 15.3 Å². The van der Waals surface area contributed by atoms with E-state index in [0.29, 0.717) is 13.2 Å². The zero-order valence-electron chi connectivity index (χ0n) is 12.6. The number of ether oxygens (including phenoxy) is 1. The summed E-state index contributed by atoms with van der Waals surface area (Å²) in [7, 11) is 0. The molecule has 1 N–H and O–H groups in total. The third-order valence-electron chi connectivity index (χ3n) is 3.71. The maximum absolute atomic E-state index is 11.1. The van der Waals surface area contributed by atoms with Crippen LogP contribution in [0.1, 0.15) is 5.56 Å². The van der Waals surface area contributed by atoms with Crippen LogP contribution in [-0.2, 0) is 11.3 Å². The van der Waals surface area contributed by atoms with Gasteiger partial charge in [-0.2, -0.15) is 0 Å². The minimum Gasteiger partial charge on any atom is -0.376 e. The normalized spacial score (nSPS) is 18.9. The summed E-state index contributed by atoms with van der Waals surface area (Å²) < 4.78 is 5.71. The summed E-state index contributed by atoms with van der Waals surface area (Å²) in [6.45, 7) is 1.03. The van der Waals surface area contributed by atoms with Crippen LogP contribution in [0.2, 0.25) is 5.15 Å². The molecule has 3 rings (SSSR count). The molecule has 0 unspecified atom stereocenters. The van der Waals surface area contributed by atoms with Crippen LogP contribution in [0.4, 0.5) is 11.5 Å². The largest absolute Gasteiger partial charge is 0.376 e. The van der Waals surface area contributed by atoms with E-state index in [0.717, 1.165) is 5.56 Å². The molecular weight excluding hydrogens is 332 g/mol. The quantitative estimate of drug-likeness (QED) is 0.358. The molecule has 0 spiro atoms. The number of benzene rings is 1. The second kappa shape index (κ2) is 7.37. The lowest BCUT2D eigenvalue weighted by Crippen LogP contribution is -2.36. The van der Waals surface area contributed by atoms with Gasteiger partial charge in [0, 0.05) is 5.92 Å². The fourth-order valence-corrected chi connectivity index (χ4v) is 2.57. The first-order chi connectivity index (χ1) is 11.6. The lowest BCUT2D eigenvalue weighted by molar-refractivity contribution is -0.384. The van der Waals surface area contributed by atoms with E-state index in [9.17, 15) is 10.1 Å². The molecule has 7 nitrogen and oxygen atoms in total. The zero-order chi connectivity index (χ0) is 16.9. The Morgan fingerprint density at radius 2 is 2.04 bits per heavy atom. The second-order valence-electron chi connectivity index (χ2n) is 5.34. The second-order valence-corrected chi connectivity index (χ2v) is 5.70. The highest BCUT2D eigenvalue weighted by molar-refractivity contribution is 6.31. The lowest BCUT2D eigenvalue weighted by Gasteiger charge is -2.30. The van der Waals surface area contributed by atoms with E-state index >= 15 is 0 Å². The number of nitro groups is 1. The highest BCUT2D eigenvalue weighted by atomic mass is 35.5. The molecule has 1 aromatic carbocycles. The number of anilines is 1. The minimum absolute atomic E-state index is 0.0922. The molecule has 24 heavy (non-hydrogen) atoms. The Labute approximate surface area is 143 Å². The summed E-state index contributed by atoms with van der Waals surface area (Å²) in [5.41, 5.74) is 0.784. The van der Waals surface area contributed by atoms with Crippen LogP contribution in [0.5, 0.6) is 0 Å². The molecule has 1 aliphatic carbocycles. The van der Waals surface area contributed by atoms with Crippen LogP contribution in [-0.4, -0.2) is 27.5 Å². The van der Waals surface area contributed by atoms with Crippen LogP contribution in [0.25, 0.3) is 0 Å². The smallest absolute Gasteiger partial charge is 0.348 e. The number of halogens is 1. The van der Waals surface area contributed by atoms with Gasteiger partial charge in [0.25, 0.3) is 0 Å². The maximum atomic E-state index is 11.1. The molecule has 0 saturated carbocycles. The number of aromatic nitrogens is 2. The number of nitrogens with one attached hydrogen (secondary N) is 1. The summed E-state index contributed by atoms with van der Waals surface area (Å²) in [4.78, 5) is 18.1. The fraction of sp³-hybridized carbons (Fsp3) is 0.250. The van der Waals surface area contributed by atoms with Gasteiger partial charge in [-0.05, 0) is 5.56 Å². The van der Waals surface area contributed by atoms with Gasteiger partial charge in [-0.1, -0.05) is 54.1 Å². The van der Waals surface area contributed by atoms with Crippen molar-refractivity contribution in [2.24, 2.45) is 5.92 Å². The van der Waals surface area contributed by atoms with Crippen LogP contribution in [0.15, 0.2) is 48.8 Å². The fourth-order valence-electron chi connectivity index (χ4n) is 2.36. The van der Waals surface area contributed by atoms with Crippen molar-refractivity contribution in [3.63, 3.8) is 0 Å². The average Bonchev–Trinajstić information content (AvgIpc) is 2.56. The van der Waals surface area contributed by atoms with Gasteiger partial charge in [0.05, 0.1) is 24.2 Å². The lowest BCUT2D eigenvalue weighted by atomic mass is 9.89. The molecule has 0 amide bonds. The maximum Gasteiger partial charge on any atom is 0.348 e. The Balaban J connectivity index is 1.57. The van der Waals surface area contributed by atoms with Crippen molar-refractivity contribution in [3.8, 4) is 0 Å². The monoisotopic (exact) mass is 346 g/mol. The Bertz CT molecular complexity index is 754. The zero-order valence-corrected chi connectivity index (χ0v) is 13.4. The third-order valence-corrected chi connectivity index (χ3v) is 3.99. The molecule has 8 heteroatoms. The van der Waals surface area contributed by atoms with E-state index in [4.69, 9.17) is 16.3 Å². The molecule has 0 radical (unpaired) electrons. The van der Waals surface area contributed by atoms with Gasteiger partial charge >= 0.3 is 5.69 Å². The molecule has 0 fully saturated rings. The number of rotatable bonds is 7. The van der Waals surface area contributed by atoms with E-state index in [1.807, 2.05) is 42.5 Å². The van der Waals surface area contributed by atoms with Crippen LogP contribution in [0.3, 0.4) is 0 Å². The minimum atomic E-state index is -0.589. The SMILES string of the molecule is O=[N+]([O-])c1c(Cl)ncnc1N[C@@H]1C=C[C@@H]1COCc1ccccc1. The molecule has 0 aliphatic heterocycles. The Morgan fingerprint density at radius 1 is 1.25 bits per heavy atom. The van der Waals surface area contributed by atoms with E-state index in [1.165, 1.54) is 6.33 Å². The van der Waals surface area contributed by atoms with Gasteiger partial charge in [0.15, 0.2) is 0 Å². The molecule has 0 saturated heterocycles. The van der Waals surface area contributed by atoms with Gasteiger partial charge in [-0.15, -0.1) is 0 Å². The summed E-state index contributed by atoms with van der Waals surface area (Å²) >= 11 is 5.78. The van der Waals surface area contributed by atoms with Crippen LogP contribution < -0.4 is 5.32 Å². The third kappa shape index (κ3) is 3.69. The van der Waals surface area contributed by atoms with Gasteiger partial charge in [0.2, 0.25) is 11.0 Å². The van der Waals surface area contributed by atoms with Crippen LogP contribution in [0, 0.1) is 16.0 Å². The molecule has 2 atom stereocenters. The molecular formula is C16H15ClN4O3. The number of hydrogen-bond donors (Lipinski definition) is 1. The van der Waals surface area contributed by atoms with Gasteiger partial charge in [0.1, 0.15) is 6.33 Å². The van der Waals surface area contributed by atoms with Crippen molar-refractivity contribution in [1.29, 1.82) is 0 Å². The van der Waals surface area contributed by atoms with Crippen LogP contribution >= 0.6 is 11.6 Å². The van der Waals surface area contributed by atoms with Gasteiger partial charge in [-0.25, -0.2) is 9.97 Å². The van der Waals surface area contributed by atoms with Crippen molar-refractivity contribution in [1.82, 2.24) is 9.97 Å². The van der Waals surface area contributed by atoms with E-state index in [1.54, 1.807) is 0 Å². The number of nitrogens with zero attached hydrogens (tertiary/aromatic N) is 3. The van der Waals surface area contributed by atoms with Gasteiger partial charge in [-0.3, -0.25) is 10.1 Å². The van der Waals surface area contributed by atoms with Crippen molar-refractivity contribution in [2.45, 2.75) is 12.6 Å². The van der Waals surface area contributed by atoms with E-state index in [-0.39, 0.29) is 28.6 Å². The van der Waals surface area contributed by atoms with Crippen molar-refractivity contribution < 1.29 is 9.66 Å². The number of hydrogen-bond acceptors (Lipinski definition) is 6. The topological polar surface area (TPSA) is 90.2 Å². The first kappa shape index (κ1) is 16.4. The first-order valence-corrected chi connectivity index (χ1v) is 7.74. The molecule has 0 bridgehead atoms. The molecule has 1 aromatic heterocycles. The highest BCUT2D eigenvalue weighted by Crippen LogP contribution is 2.31. The van der Waals surface area contributed by atoms with Gasteiger partial charge < -0.3 is 10.1 Å². The Morgan fingerprint density at radius 3 is 2.71 bits per heavy atom. The summed E-state index contributed by atoms with van der Waals surface area (Å²) in [5, 5.41) is 13.9. The van der Waals surface area contributed by atoms with E-state index < -0.39 is 4.92 Å².